The van der Waals surface area contributed by atoms with Crippen molar-refractivity contribution in [2.24, 2.45) is 0 Å². The fourth-order valence-corrected chi connectivity index (χ4v) is 1.32. The smallest absolute Gasteiger partial charge is 0.352 e. The largest absolute Gasteiger partial charge is 0.494 e. The summed E-state index contributed by atoms with van der Waals surface area (Å²) in [4.78, 5) is 3.06. The summed E-state index contributed by atoms with van der Waals surface area (Å²) in [7, 11) is 0. The highest BCUT2D eigenvalue weighted by Gasteiger charge is 2.14. The second kappa shape index (κ2) is 5.99. The van der Waals surface area contributed by atoms with Crippen LogP contribution in [0.3, 0.4) is 0 Å². The molecular formula is C12H15NO3. The number of nitrogens with zero attached hydrogens (tertiary/aromatic N) is 1. The number of aliphatic hydroxyl groups excluding tert-OH is 1. The highest BCUT2D eigenvalue weighted by molar-refractivity contribution is 5.39. The molecule has 0 bridgehead atoms. The molecule has 0 fully saturated rings. The van der Waals surface area contributed by atoms with Gasteiger partial charge in [0.2, 0.25) is 0 Å². The van der Waals surface area contributed by atoms with Crippen molar-refractivity contribution < 1.29 is 14.6 Å². The van der Waals surface area contributed by atoms with Crippen LogP contribution in [-0.4, -0.2) is 18.3 Å². The SMILES string of the molecule is [C-]#[N+]C(O)c1cc(OCC)cc(OCC)c1. The molecule has 0 heterocycles. The summed E-state index contributed by atoms with van der Waals surface area (Å²) in [5, 5.41) is 9.45. The fourth-order valence-electron chi connectivity index (χ4n) is 1.32. The standard InChI is InChI=1S/C12H15NO3/c1-4-15-10-6-9(12(14)13-3)7-11(8-10)16-5-2/h6-8,12,14H,4-5H2,1-2H3. The van der Waals surface area contributed by atoms with Crippen LogP contribution in [0.1, 0.15) is 25.6 Å². The van der Waals surface area contributed by atoms with Crippen molar-refractivity contribution in [3.05, 3.63) is 35.2 Å². The van der Waals surface area contributed by atoms with E-state index in [1.807, 2.05) is 13.8 Å². The quantitative estimate of drug-likeness (QED) is 0.776. The predicted molar refractivity (Wildman–Crippen MR) is 60.3 cm³/mol. The van der Waals surface area contributed by atoms with E-state index in [0.717, 1.165) is 0 Å². The lowest BCUT2D eigenvalue weighted by Gasteiger charge is -2.09. The zero-order chi connectivity index (χ0) is 12.0. The number of hydrogen-bond acceptors (Lipinski definition) is 3. The first kappa shape index (κ1) is 12.3. The van der Waals surface area contributed by atoms with E-state index in [2.05, 4.69) is 4.85 Å². The molecule has 0 aliphatic carbocycles. The number of hydrogen-bond donors (Lipinski definition) is 1. The molecule has 4 heteroatoms. The third-order valence-corrected chi connectivity index (χ3v) is 1.94. The van der Waals surface area contributed by atoms with Gasteiger partial charge in [0, 0.05) is 6.07 Å². The van der Waals surface area contributed by atoms with Crippen molar-refractivity contribution in [1.29, 1.82) is 0 Å². The molecule has 0 saturated heterocycles. The van der Waals surface area contributed by atoms with Crippen LogP contribution in [0, 0.1) is 6.57 Å². The molecule has 0 amide bonds. The maximum absolute atomic E-state index is 9.45. The summed E-state index contributed by atoms with van der Waals surface area (Å²) >= 11 is 0. The topological polar surface area (TPSA) is 43.0 Å². The lowest BCUT2D eigenvalue weighted by atomic mass is 10.2. The number of ether oxygens (including phenoxy) is 2. The molecule has 0 aromatic heterocycles. The van der Waals surface area contributed by atoms with Gasteiger partial charge in [-0.3, -0.25) is 4.85 Å². The maximum Gasteiger partial charge on any atom is 0.352 e. The lowest BCUT2D eigenvalue weighted by molar-refractivity contribution is 0.224. The summed E-state index contributed by atoms with van der Waals surface area (Å²) in [6, 6.07) is 5.04. The molecule has 0 radical (unpaired) electrons. The van der Waals surface area contributed by atoms with Crippen molar-refractivity contribution in [2.75, 3.05) is 13.2 Å². The number of aliphatic hydroxyl groups is 1. The van der Waals surface area contributed by atoms with Crippen molar-refractivity contribution in [1.82, 2.24) is 0 Å². The maximum atomic E-state index is 9.45. The van der Waals surface area contributed by atoms with E-state index >= 15 is 0 Å². The highest BCUT2D eigenvalue weighted by atomic mass is 16.5. The van der Waals surface area contributed by atoms with E-state index in [1.165, 1.54) is 0 Å². The van der Waals surface area contributed by atoms with Crippen LogP contribution in [0.2, 0.25) is 0 Å². The Bertz CT molecular complexity index is 360. The number of rotatable bonds is 5. The Morgan fingerprint density at radius 1 is 1.19 bits per heavy atom. The Morgan fingerprint density at radius 2 is 1.69 bits per heavy atom. The van der Waals surface area contributed by atoms with Crippen molar-refractivity contribution in [2.45, 2.75) is 20.1 Å². The molecule has 4 nitrogen and oxygen atoms in total. The minimum Gasteiger partial charge on any atom is -0.494 e. The molecule has 86 valence electrons. The fraction of sp³-hybridized carbons (Fsp3) is 0.417. The van der Waals surface area contributed by atoms with Crippen LogP contribution in [0.15, 0.2) is 18.2 Å². The molecule has 0 aliphatic heterocycles. The third kappa shape index (κ3) is 3.14. The molecule has 0 spiro atoms. The lowest BCUT2D eigenvalue weighted by Crippen LogP contribution is -1.99. The van der Waals surface area contributed by atoms with Crippen LogP contribution >= 0.6 is 0 Å². The number of benzene rings is 1. The predicted octanol–water partition coefficient (Wildman–Crippen LogP) is 2.39. The van der Waals surface area contributed by atoms with Crippen LogP contribution in [-0.2, 0) is 0 Å². The van der Waals surface area contributed by atoms with Gasteiger partial charge >= 0.3 is 6.23 Å². The van der Waals surface area contributed by atoms with E-state index in [4.69, 9.17) is 16.0 Å². The first-order valence-electron chi connectivity index (χ1n) is 5.16. The summed E-state index contributed by atoms with van der Waals surface area (Å²) in [6.45, 7) is 11.6. The minimum atomic E-state index is -1.17. The Labute approximate surface area is 95.2 Å². The zero-order valence-corrected chi connectivity index (χ0v) is 9.43. The molecule has 1 unspecified atom stereocenters. The molecule has 16 heavy (non-hydrogen) atoms. The molecule has 1 N–H and O–H groups in total. The Kier molecular flexibility index (Phi) is 4.62. The van der Waals surface area contributed by atoms with Crippen LogP contribution in [0.4, 0.5) is 0 Å². The molecule has 0 saturated carbocycles. The molecule has 1 atom stereocenters. The second-order valence-electron chi connectivity index (χ2n) is 3.11. The van der Waals surface area contributed by atoms with E-state index in [-0.39, 0.29) is 0 Å². The highest BCUT2D eigenvalue weighted by Crippen LogP contribution is 2.27. The van der Waals surface area contributed by atoms with Crippen LogP contribution < -0.4 is 9.47 Å². The molecular weight excluding hydrogens is 206 g/mol. The van der Waals surface area contributed by atoms with Gasteiger partial charge in [0.05, 0.1) is 18.8 Å². The molecule has 0 aliphatic rings. The zero-order valence-electron chi connectivity index (χ0n) is 9.43. The summed E-state index contributed by atoms with van der Waals surface area (Å²) in [5.41, 5.74) is 0.490. The second-order valence-corrected chi connectivity index (χ2v) is 3.11. The van der Waals surface area contributed by atoms with Gasteiger partial charge in [0.25, 0.3) is 0 Å². The van der Waals surface area contributed by atoms with Crippen molar-refractivity contribution in [3.8, 4) is 11.5 Å². The Balaban J connectivity index is 3.03. The van der Waals surface area contributed by atoms with Crippen molar-refractivity contribution in [3.63, 3.8) is 0 Å². The van der Waals surface area contributed by atoms with Gasteiger partial charge < -0.3 is 14.6 Å². The summed E-state index contributed by atoms with van der Waals surface area (Å²) in [5.74, 6) is 1.21. The minimum absolute atomic E-state index is 0.490. The normalized spacial score (nSPS) is 11.6. The Hall–Kier alpha value is -1.73. The van der Waals surface area contributed by atoms with Crippen molar-refractivity contribution >= 4 is 0 Å². The first-order chi connectivity index (χ1) is 7.71. The average Bonchev–Trinajstić information content (AvgIpc) is 2.28. The summed E-state index contributed by atoms with van der Waals surface area (Å²) < 4.78 is 10.7. The van der Waals surface area contributed by atoms with Gasteiger partial charge in [-0.1, -0.05) is 0 Å². The van der Waals surface area contributed by atoms with Gasteiger partial charge in [0.1, 0.15) is 11.5 Å². The van der Waals surface area contributed by atoms with Gasteiger partial charge in [0.15, 0.2) is 0 Å². The van der Waals surface area contributed by atoms with Gasteiger partial charge in [-0.25, -0.2) is 6.57 Å². The average molecular weight is 221 g/mol. The molecule has 1 rings (SSSR count). The van der Waals surface area contributed by atoms with Gasteiger partial charge in [-0.2, -0.15) is 0 Å². The van der Waals surface area contributed by atoms with E-state index < -0.39 is 6.23 Å². The van der Waals surface area contributed by atoms with Gasteiger partial charge in [-0.15, -0.1) is 0 Å². The van der Waals surface area contributed by atoms with E-state index in [1.54, 1.807) is 18.2 Å². The first-order valence-corrected chi connectivity index (χ1v) is 5.16. The molecule has 1 aromatic carbocycles. The molecule has 1 aromatic rings. The van der Waals surface area contributed by atoms with E-state index in [9.17, 15) is 5.11 Å². The monoisotopic (exact) mass is 221 g/mol. The van der Waals surface area contributed by atoms with Crippen LogP contribution in [0.5, 0.6) is 11.5 Å². The summed E-state index contributed by atoms with van der Waals surface area (Å²) in [6.07, 6.45) is -1.17. The van der Waals surface area contributed by atoms with Gasteiger partial charge in [-0.05, 0) is 26.0 Å². The van der Waals surface area contributed by atoms with Crippen LogP contribution in [0.25, 0.3) is 4.85 Å². The van der Waals surface area contributed by atoms with E-state index in [0.29, 0.717) is 30.3 Å². The third-order valence-electron chi connectivity index (χ3n) is 1.94. The Morgan fingerprint density at radius 3 is 2.06 bits per heavy atom.